The van der Waals surface area contributed by atoms with E-state index in [1.807, 2.05) is 54.6 Å². The first-order valence-corrected chi connectivity index (χ1v) is 13.4. The molecule has 6 nitrogen and oxygen atoms in total. The Morgan fingerprint density at radius 3 is 2.45 bits per heavy atom. The first-order valence-electron chi connectivity index (χ1n) is 13.4. The molecule has 0 bridgehead atoms. The van der Waals surface area contributed by atoms with Gasteiger partial charge in [0.2, 0.25) is 0 Å². The van der Waals surface area contributed by atoms with Crippen molar-refractivity contribution < 1.29 is 19.4 Å². The maximum atomic E-state index is 11.4. The highest BCUT2D eigenvalue weighted by atomic mass is 16.5. The Balaban J connectivity index is 1.22. The summed E-state index contributed by atoms with van der Waals surface area (Å²) in [6, 6.07) is 24.1. The van der Waals surface area contributed by atoms with E-state index < -0.39 is 5.97 Å². The lowest BCUT2D eigenvalue weighted by molar-refractivity contribution is -0.137. The second-order valence-electron chi connectivity index (χ2n) is 10.4. The minimum absolute atomic E-state index is 0.0763. The van der Waals surface area contributed by atoms with E-state index >= 15 is 0 Å². The molecule has 38 heavy (non-hydrogen) atoms. The van der Waals surface area contributed by atoms with E-state index in [9.17, 15) is 9.90 Å². The average molecular weight is 511 g/mol. The number of nitriles is 1. The van der Waals surface area contributed by atoms with Crippen molar-refractivity contribution in [2.45, 2.75) is 38.0 Å². The summed E-state index contributed by atoms with van der Waals surface area (Å²) < 4.78 is 11.7. The van der Waals surface area contributed by atoms with Gasteiger partial charge in [-0.2, -0.15) is 5.26 Å². The molecular formula is C32H34N2O4. The lowest BCUT2D eigenvalue weighted by atomic mass is 9.91. The number of carboxylic acid groups (broad SMARTS) is 1. The Morgan fingerprint density at radius 2 is 1.79 bits per heavy atom. The number of methoxy groups -OCH3 is 1. The maximum absolute atomic E-state index is 11.4. The Labute approximate surface area is 224 Å². The van der Waals surface area contributed by atoms with Crippen molar-refractivity contribution in [3.05, 3.63) is 77.9 Å². The molecular weight excluding hydrogens is 476 g/mol. The van der Waals surface area contributed by atoms with Gasteiger partial charge in [0.25, 0.3) is 0 Å². The van der Waals surface area contributed by atoms with Gasteiger partial charge in [0.15, 0.2) is 0 Å². The van der Waals surface area contributed by atoms with Gasteiger partial charge in [-0.1, -0.05) is 24.3 Å². The molecule has 6 heteroatoms. The van der Waals surface area contributed by atoms with E-state index in [1.165, 1.54) is 0 Å². The van der Waals surface area contributed by atoms with E-state index in [0.717, 1.165) is 72.6 Å². The van der Waals surface area contributed by atoms with Crippen LogP contribution in [0.5, 0.6) is 11.5 Å². The molecule has 2 aliphatic rings. The zero-order chi connectivity index (χ0) is 26.5. The zero-order valence-electron chi connectivity index (χ0n) is 21.8. The first kappa shape index (κ1) is 25.7. The van der Waals surface area contributed by atoms with Gasteiger partial charge in [-0.15, -0.1) is 0 Å². The van der Waals surface area contributed by atoms with Gasteiger partial charge in [0.1, 0.15) is 11.5 Å². The molecule has 1 aliphatic heterocycles. The topological polar surface area (TPSA) is 82.8 Å². The van der Waals surface area contributed by atoms with Crippen LogP contribution >= 0.6 is 0 Å². The van der Waals surface area contributed by atoms with Crippen molar-refractivity contribution in [3.63, 3.8) is 0 Å². The molecule has 0 amide bonds. The minimum atomic E-state index is -0.738. The van der Waals surface area contributed by atoms with Crippen LogP contribution in [0.4, 0.5) is 5.69 Å². The summed E-state index contributed by atoms with van der Waals surface area (Å²) in [7, 11) is 1.69. The van der Waals surface area contributed by atoms with Crippen molar-refractivity contribution in [3.8, 4) is 28.7 Å². The second-order valence-corrected chi connectivity index (χ2v) is 10.4. The van der Waals surface area contributed by atoms with Gasteiger partial charge in [0.05, 0.1) is 31.8 Å². The van der Waals surface area contributed by atoms with Gasteiger partial charge in [-0.25, -0.2) is 0 Å². The quantitative estimate of drug-likeness (QED) is 0.335. The van der Waals surface area contributed by atoms with Crippen LogP contribution in [0, 0.1) is 23.2 Å². The van der Waals surface area contributed by atoms with Crippen LogP contribution in [0.1, 0.15) is 49.1 Å². The highest BCUT2D eigenvalue weighted by molar-refractivity contribution is 5.80. The maximum Gasteiger partial charge on any atom is 0.303 e. The third-order valence-electron chi connectivity index (χ3n) is 7.84. The number of hydrogen-bond acceptors (Lipinski definition) is 5. The van der Waals surface area contributed by atoms with Crippen LogP contribution < -0.4 is 14.4 Å². The highest BCUT2D eigenvalue weighted by Crippen LogP contribution is 2.45. The molecule has 1 N–H and O–H groups in total. The largest absolute Gasteiger partial charge is 0.497 e. The predicted octanol–water partition coefficient (Wildman–Crippen LogP) is 6.50. The van der Waals surface area contributed by atoms with Crippen LogP contribution in [-0.2, 0) is 4.79 Å². The molecule has 2 fully saturated rings. The molecule has 0 aromatic heterocycles. The number of rotatable bonds is 10. The minimum Gasteiger partial charge on any atom is -0.497 e. The van der Waals surface area contributed by atoms with E-state index in [0.29, 0.717) is 24.0 Å². The Kier molecular flexibility index (Phi) is 7.83. The summed E-state index contributed by atoms with van der Waals surface area (Å²) in [5, 5.41) is 18.5. The van der Waals surface area contributed by atoms with Crippen molar-refractivity contribution in [2.75, 3.05) is 31.7 Å². The number of aliphatic carboxylic acids is 1. The fourth-order valence-electron chi connectivity index (χ4n) is 5.50. The molecule has 1 saturated heterocycles. The molecule has 1 heterocycles. The molecule has 1 saturated carbocycles. The summed E-state index contributed by atoms with van der Waals surface area (Å²) in [6.07, 6.45) is 4.45. The normalized spacial score (nSPS) is 16.5. The Hall–Kier alpha value is -3.98. The van der Waals surface area contributed by atoms with Gasteiger partial charge < -0.3 is 19.5 Å². The zero-order valence-corrected chi connectivity index (χ0v) is 21.8. The van der Waals surface area contributed by atoms with Crippen molar-refractivity contribution in [1.29, 1.82) is 5.26 Å². The number of anilines is 1. The smallest absolute Gasteiger partial charge is 0.303 e. The SMILES string of the molecule is COc1ccc(-c2ccc(C#N)cc2)c(N2CCC(COc3cccc([C@@H](CC(=O)O)C4CC4)c3)CC2)c1. The van der Waals surface area contributed by atoms with E-state index in [-0.39, 0.29) is 12.3 Å². The standard InChI is InChI=1S/C32H34N2O4/c1-37-27-11-12-29(24-7-5-22(20-33)6-8-24)31(18-27)34-15-13-23(14-16-34)21-38-28-4-2-3-26(17-28)30(19-32(35)36)25-9-10-25/h2-8,11-12,17-18,23,25,30H,9-10,13-16,19,21H2,1H3,(H,35,36)/t30-/m0/s1. The molecule has 0 radical (unpaired) electrons. The summed E-state index contributed by atoms with van der Waals surface area (Å²) in [5.74, 6) is 1.94. The summed E-state index contributed by atoms with van der Waals surface area (Å²) in [4.78, 5) is 13.8. The molecule has 0 spiro atoms. The molecule has 3 aromatic carbocycles. The third kappa shape index (κ3) is 6.11. The van der Waals surface area contributed by atoms with E-state index in [1.54, 1.807) is 7.11 Å². The molecule has 1 aliphatic carbocycles. The number of carbonyl (C=O) groups is 1. The summed E-state index contributed by atoms with van der Waals surface area (Å²) in [6.45, 7) is 2.50. The second kappa shape index (κ2) is 11.6. The first-order chi connectivity index (χ1) is 18.5. The number of piperidine rings is 1. The lowest BCUT2D eigenvalue weighted by Crippen LogP contribution is -2.35. The van der Waals surface area contributed by atoms with Crippen LogP contribution in [-0.4, -0.2) is 37.9 Å². The summed E-state index contributed by atoms with van der Waals surface area (Å²) in [5.41, 5.74) is 5.09. The number of carboxylic acids is 1. The van der Waals surface area contributed by atoms with Crippen molar-refractivity contribution >= 4 is 11.7 Å². The van der Waals surface area contributed by atoms with Crippen molar-refractivity contribution in [1.82, 2.24) is 0 Å². The Bertz CT molecular complexity index is 1300. The number of hydrogen-bond donors (Lipinski definition) is 1. The Morgan fingerprint density at radius 1 is 1.03 bits per heavy atom. The van der Waals surface area contributed by atoms with Crippen LogP contribution in [0.15, 0.2) is 66.7 Å². The molecule has 3 aromatic rings. The monoisotopic (exact) mass is 510 g/mol. The summed E-state index contributed by atoms with van der Waals surface area (Å²) >= 11 is 0. The lowest BCUT2D eigenvalue weighted by Gasteiger charge is -2.35. The van der Waals surface area contributed by atoms with Crippen LogP contribution in [0.25, 0.3) is 11.1 Å². The number of benzene rings is 3. The molecule has 0 unspecified atom stereocenters. The molecule has 1 atom stereocenters. The van der Waals surface area contributed by atoms with Gasteiger partial charge in [-0.05, 0) is 91.0 Å². The van der Waals surface area contributed by atoms with Crippen LogP contribution in [0.3, 0.4) is 0 Å². The third-order valence-corrected chi connectivity index (χ3v) is 7.84. The van der Waals surface area contributed by atoms with Crippen molar-refractivity contribution in [2.24, 2.45) is 11.8 Å². The fraction of sp³-hybridized carbons (Fsp3) is 0.375. The molecule has 5 rings (SSSR count). The predicted molar refractivity (Wildman–Crippen MR) is 148 cm³/mol. The number of nitrogens with zero attached hydrogens (tertiary/aromatic N) is 2. The average Bonchev–Trinajstić information content (AvgIpc) is 3.80. The number of ether oxygens (including phenoxy) is 2. The van der Waals surface area contributed by atoms with E-state index in [2.05, 4.69) is 23.1 Å². The van der Waals surface area contributed by atoms with Gasteiger partial charge >= 0.3 is 5.97 Å². The van der Waals surface area contributed by atoms with E-state index in [4.69, 9.17) is 14.7 Å². The highest BCUT2D eigenvalue weighted by Gasteiger charge is 2.34. The van der Waals surface area contributed by atoms with Gasteiger partial charge in [-0.3, -0.25) is 4.79 Å². The van der Waals surface area contributed by atoms with Crippen LogP contribution in [0.2, 0.25) is 0 Å². The van der Waals surface area contributed by atoms with Gasteiger partial charge in [0, 0.05) is 30.4 Å². The molecule has 196 valence electrons. The fourth-order valence-corrected chi connectivity index (χ4v) is 5.50.